The van der Waals surface area contributed by atoms with E-state index >= 15 is 0 Å². The number of nitrogens with zero attached hydrogens (tertiary/aromatic N) is 7. The van der Waals surface area contributed by atoms with Crippen LogP contribution in [0.1, 0.15) is 10.5 Å². The van der Waals surface area contributed by atoms with Crippen LogP contribution in [0.15, 0.2) is 73.2 Å². The molecule has 3 aromatic heterocycles. The molecule has 1 aliphatic heterocycles. The molecule has 0 saturated carbocycles. The summed E-state index contributed by atoms with van der Waals surface area (Å²) >= 11 is 0. The number of benzene rings is 1. The van der Waals surface area contributed by atoms with Crippen molar-refractivity contribution in [2.45, 2.75) is 0 Å². The number of rotatable bonds is 6. The van der Waals surface area contributed by atoms with E-state index < -0.39 is 0 Å². The molecule has 0 spiro atoms. The zero-order chi connectivity index (χ0) is 21.0. The fourth-order valence-corrected chi connectivity index (χ4v) is 3.44. The summed E-state index contributed by atoms with van der Waals surface area (Å²) in [6.45, 7) is 2.22. The van der Waals surface area contributed by atoms with Crippen LogP contribution >= 0.6 is 0 Å². The van der Waals surface area contributed by atoms with Crippen molar-refractivity contribution in [1.29, 1.82) is 0 Å². The first-order valence-corrected chi connectivity index (χ1v) is 10.0. The van der Waals surface area contributed by atoms with Gasteiger partial charge in [-0.1, -0.05) is 18.2 Å². The van der Waals surface area contributed by atoms with Crippen molar-refractivity contribution in [3.05, 3.63) is 78.9 Å². The normalized spacial score (nSPS) is 13.6. The Morgan fingerprint density at radius 3 is 2.55 bits per heavy atom. The number of anilines is 1. The number of para-hydroxylation sites is 1. The second-order valence-electron chi connectivity index (χ2n) is 7.35. The molecule has 0 bridgehead atoms. The largest absolute Gasteiger partial charge is 0.354 e. The average Bonchev–Trinajstić information content (AvgIpc) is 3.30. The summed E-state index contributed by atoms with van der Waals surface area (Å²) in [4.78, 5) is 20.0. The van der Waals surface area contributed by atoms with Crippen molar-refractivity contribution in [2.24, 2.45) is 5.92 Å². The number of hydrogen-bond acceptors (Lipinski definition) is 7. The molecule has 1 amide bonds. The second-order valence-corrected chi connectivity index (χ2v) is 7.35. The van der Waals surface area contributed by atoms with Crippen LogP contribution in [-0.2, 0) is 0 Å². The van der Waals surface area contributed by atoms with E-state index in [1.165, 1.54) is 11.0 Å². The maximum absolute atomic E-state index is 12.4. The van der Waals surface area contributed by atoms with Gasteiger partial charge >= 0.3 is 0 Å². The molecule has 0 atom stereocenters. The first-order chi connectivity index (χ1) is 15.3. The summed E-state index contributed by atoms with van der Waals surface area (Å²) in [7, 11) is 0. The van der Waals surface area contributed by atoms with Crippen LogP contribution in [0.25, 0.3) is 16.9 Å². The standard InChI is InChI=1S/C22H20N8O/c31-22(20-13-25-30(28-20)18-4-2-1-3-5-18)24-12-16-14-29(15-16)21-7-6-19(26-27-21)17-8-10-23-11-9-17/h1-11,13,16H,12,14-15H2,(H,24,31). The van der Waals surface area contributed by atoms with Crippen molar-refractivity contribution in [2.75, 3.05) is 24.5 Å². The summed E-state index contributed by atoms with van der Waals surface area (Å²) < 4.78 is 0. The number of nitrogens with one attached hydrogen (secondary N) is 1. The molecule has 0 radical (unpaired) electrons. The Kier molecular flexibility index (Phi) is 5.05. The van der Waals surface area contributed by atoms with E-state index in [0.717, 1.165) is 35.9 Å². The molecule has 1 N–H and O–H groups in total. The Bertz CT molecular complexity index is 1160. The molecule has 4 heterocycles. The van der Waals surface area contributed by atoms with Crippen molar-refractivity contribution < 1.29 is 4.79 Å². The van der Waals surface area contributed by atoms with Gasteiger partial charge in [-0.2, -0.15) is 9.90 Å². The maximum atomic E-state index is 12.4. The molecule has 0 aliphatic carbocycles. The van der Waals surface area contributed by atoms with Gasteiger partial charge in [-0.05, 0) is 36.4 Å². The molecule has 31 heavy (non-hydrogen) atoms. The quantitative estimate of drug-likeness (QED) is 0.517. The third-order valence-corrected chi connectivity index (χ3v) is 5.17. The smallest absolute Gasteiger partial charge is 0.273 e. The van der Waals surface area contributed by atoms with Crippen LogP contribution < -0.4 is 10.2 Å². The predicted molar refractivity (Wildman–Crippen MR) is 115 cm³/mol. The van der Waals surface area contributed by atoms with E-state index in [-0.39, 0.29) is 5.91 Å². The highest BCUT2D eigenvalue weighted by Crippen LogP contribution is 2.23. The van der Waals surface area contributed by atoms with Gasteiger partial charge < -0.3 is 10.2 Å². The highest BCUT2D eigenvalue weighted by Gasteiger charge is 2.28. The van der Waals surface area contributed by atoms with Gasteiger partial charge in [0.2, 0.25) is 0 Å². The first kappa shape index (κ1) is 18.9. The maximum Gasteiger partial charge on any atom is 0.273 e. The monoisotopic (exact) mass is 412 g/mol. The van der Waals surface area contributed by atoms with Crippen LogP contribution in [0.5, 0.6) is 0 Å². The third-order valence-electron chi connectivity index (χ3n) is 5.17. The predicted octanol–water partition coefficient (Wildman–Crippen LogP) is 1.99. The summed E-state index contributed by atoms with van der Waals surface area (Å²) in [5.41, 5.74) is 2.92. The minimum absolute atomic E-state index is 0.220. The molecule has 1 aromatic carbocycles. The summed E-state index contributed by atoms with van der Waals surface area (Å²) in [6, 6.07) is 17.2. The molecule has 4 aromatic rings. The molecule has 1 fully saturated rings. The Balaban J connectivity index is 1.11. The average molecular weight is 412 g/mol. The van der Waals surface area contributed by atoms with E-state index in [4.69, 9.17) is 0 Å². The minimum Gasteiger partial charge on any atom is -0.354 e. The highest BCUT2D eigenvalue weighted by molar-refractivity contribution is 5.91. The molecular weight excluding hydrogens is 392 g/mol. The Morgan fingerprint density at radius 1 is 1.00 bits per heavy atom. The van der Waals surface area contributed by atoms with Crippen LogP contribution in [0.4, 0.5) is 5.82 Å². The van der Waals surface area contributed by atoms with Gasteiger partial charge in [0.1, 0.15) is 0 Å². The van der Waals surface area contributed by atoms with E-state index in [1.54, 1.807) is 12.4 Å². The summed E-state index contributed by atoms with van der Waals surface area (Å²) in [5.74, 6) is 0.975. The van der Waals surface area contributed by atoms with Gasteiger partial charge in [0.05, 0.1) is 17.6 Å². The van der Waals surface area contributed by atoms with E-state index in [1.807, 2.05) is 54.6 Å². The van der Waals surface area contributed by atoms with Crippen LogP contribution in [-0.4, -0.2) is 55.7 Å². The topological polar surface area (TPSA) is 102 Å². The third kappa shape index (κ3) is 4.11. The Morgan fingerprint density at radius 2 is 1.81 bits per heavy atom. The van der Waals surface area contributed by atoms with Crippen molar-refractivity contribution in [1.82, 2.24) is 35.5 Å². The molecular formula is C22H20N8O. The fraction of sp³-hybridized carbons (Fsp3) is 0.182. The SMILES string of the molecule is O=C(NCC1CN(c2ccc(-c3ccncc3)nn2)C1)c1cnn(-c2ccccc2)n1. The first-order valence-electron chi connectivity index (χ1n) is 10.0. The highest BCUT2D eigenvalue weighted by atomic mass is 16.2. The molecule has 1 saturated heterocycles. The number of hydrogen-bond donors (Lipinski definition) is 1. The van der Waals surface area contributed by atoms with Gasteiger partial charge in [-0.15, -0.1) is 15.3 Å². The molecule has 9 nitrogen and oxygen atoms in total. The van der Waals surface area contributed by atoms with Crippen molar-refractivity contribution in [3.63, 3.8) is 0 Å². The Labute approximate surface area is 178 Å². The molecule has 1 aliphatic rings. The zero-order valence-corrected chi connectivity index (χ0v) is 16.7. The number of amides is 1. The lowest BCUT2D eigenvalue weighted by atomic mass is 10.00. The van der Waals surface area contributed by atoms with E-state index in [9.17, 15) is 4.79 Å². The van der Waals surface area contributed by atoms with Crippen LogP contribution in [0, 0.1) is 5.92 Å². The minimum atomic E-state index is -0.220. The lowest BCUT2D eigenvalue weighted by Crippen LogP contribution is -2.52. The van der Waals surface area contributed by atoms with Crippen LogP contribution in [0.3, 0.4) is 0 Å². The van der Waals surface area contributed by atoms with E-state index in [2.05, 4.69) is 35.6 Å². The Hall–Kier alpha value is -4.14. The van der Waals surface area contributed by atoms with Gasteiger partial charge in [0, 0.05) is 43.5 Å². The molecule has 0 unspecified atom stereocenters. The summed E-state index contributed by atoms with van der Waals surface area (Å²) in [6.07, 6.45) is 4.96. The lowest BCUT2D eigenvalue weighted by Gasteiger charge is -2.39. The van der Waals surface area contributed by atoms with Gasteiger partial charge in [0.25, 0.3) is 5.91 Å². The van der Waals surface area contributed by atoms with Crippen molar-refractivity contribution >= 4 is 11.7 Å². The number of carbonyl (C=O) groups excluding carboxylic acids is 1. The van der Waals surface area contributed by atoms with E-state index in [0.29, 0.717) is 18.2 Å². The molecule has 154 valence electrons. The number of aromatic nitrogens is 6. The van der Waals surface area contributed by atoms with Gasteiger partial charge in [0.15, 0.2) is 11.5 Å². The number of pyridine rings is 1. The number of carbonyl (C=O) groups is 1. The van der Waals surface area contributed by atoms with Crippen molar-refractivity contribution in [3.8, 4) is 16.9 Å². The molecule has 9 heteroatoms. The fourth-order valence-electron chi connectivity index (χ4n) is 3.44. The zero-order valence-electron chi connectivity index (χ0n) is 16.7. The molecule has 5 rings (SSSR count). The van der Waals surface area contributed by atoms with Gasteiger partial charge in [-0.3, -0.25) is 9.78 Å². The van der Waals surface area contributed by atoms with Gasteiger partial charge in [-0.25, -0.2) is 0 Å². The lowest BCUT2D eigenvalue weighted by molar-refractivity contribution is 0.0939. The summed E-state index contributed by atoms with van der Waals surface area (Å²) in [5, 5.41) is 20.0. The van der Waals surface area contributed by atoms with Crippen LogP contribution in [0.2, 0.25) is 0 Å². The second kappa shape index (κ2) is 8.31.